The van der Waals surface area contributed by atoms with E-state index in [0.29, 0.717) is 5.56 Å². The molecule has 0 aliphatic carbocycles. The first-order valence-corrected chi connectivity index (χ1v) is 8.45. The SMILES string of the molecule is O=C1[C@@H]2C(c3ccc([N+](=O)[O-])cc3)=NO[C@H]2C(=O)N1c1cc(Cl)cc(Cl)c1. The minimum atomic E-state index is -1.10. The smallest absolute Gasteiger partial charge is 0.278 e. The number of hydrogen-bond acceptors (Lipinski definition) is 6. The second kappa shape index (κ2) is 6.33. The molecule has 136 valence electrons. The lowest BCUT2D eigenvalue weighted by Crippen LogP contribution is -2.33. The van der Waals surface area contributed by atoms with Gasteiger partial charge >= 0.3 is 0 Å². The van der Waals surface area contributed by atoms with Crippen LogP contribution in [-0.2, 0) is 14.4 Å². The van der Waals surface area contributed by atoms with E-state index in [2.05, 4.69) is 5.16 Å². The molecule has 10 heteroatoms. The number of oxime groups is 1. The molecule has 0 saturated carbocycles. The zero-order valence-electron chi connectivity index (χ0n) is 13.3. The van der Waals surface area contributed by atoms with Gasteiger partial charge in [0.25, 0.3) is 11.6 Å². The first-order chi connectivity index (χ1) is 12.9. The molecular weight excluding hydrogens is 397 g/mol. The maximum Gasteiger partial charge on any atom is 0.278 e. The summed E-state index contributed by atoms with van der Waals surface area (Å²) in [6, 6.07) is 9.89. The molecule has 8 nitrogen and oxygen atoms in total. The number of carbonyl (C=O) groups excluding carboxylic acids is 2. The number of nitrogens with zero attached hydrogens (tertiary/aromatic N) is 3. The topological polar surface area (TPSA) is 102 Å². The van der Waals surface area contributed by atoms with Crippen molar-refractivity contribution in [1.29, 1.82) is 0 Å². The number of rotatable bonds is 3. The van der Waals surface area contributed by atoms with Crippen molar-refractivity contribution in [2.75, 3.05) is 4.90 Å². The van der Waals surface area contributed by atoms with Crippen LogP contribution in [-0.4, -0.2) is 28.6 Å². The normalized spacial score (nSPS) is 21.1. The van der Waals surface area contributed by atoms with E-state index in [1.54, 1.807) is 0 Å². The molecule has 2 heterocycles. The van der Waals surface area contributed by atoms with Crippen molar-refractivity contribution < 1.29 is 19.3 Å². The maximum absolute atomic E-state index is 12.9. The lowest BCUT2D eigenvalue weighted by Gasteiger charge is -2.16. The van der Waals surface area contributed by atoms with Gasteiger partial charge in [-0.3, -0.25) is 19.7 Å². The summed E-state index contributed by atoms with van der Waals surface area (Å²) in [6.07, 6.45) is -1.10. The van der Waals surface area contributed by atoms with Crippen LogP contribution in [0.3, 0.4) is 0 Å². The number of benzene rings is 2. The van der Waals surface area contributed by atoms with E-state index in [1.807, 2.05) is 0 Å². The number of anilines is 1. The molecule has 2 amide bonds. The fourth-order valence-electron chi connectivity index (χ4n) is 3.09. The number of amides is 2. The minimum absolute atomic E-state index is 0.0983. The van der Waals surface area contributed by atoms with Gasteiger partial charge in [0.2, 0.25) is 12.0 Å². The summed E-state index contributed by atoms with van der Waals surface area (Å²) in [7, 11) is 0. The number of nitro benzene ring substituents is 1. The Morgan fingerprint density at radius 2 is 1.67 bits per heavy atom. The monoisotopic (exact) mass is 405 g/mol. The van der Waals surface area contributed by atoms with Gasteiger partial charge in [0.15, 0.2) is 0 Å². The highest BCUT2D eigenvalue weighted by Gasteiger charge is 2.56. The molecule has 2 aromatic carbocycles. The lowest BCUT2D eigenvalue weighted by atomic mass is 9.94. The Labute approximate surface area is 162 Å². The van der Waals surface area contributed by atoms with E-state index in [1.165, 1.54) is 42.5 Å². The molecule has 0 unspecified atom stereocenters. The molecule has 0 bridgehead atoms. The summed E-state index contributed by atoms with van der Waals surface area (Å²) in [5.74, 6) is -2.06. The molecule has 1 fully saturated rings. The van der Waals surface area contributed by atoms with Gasteiger partial charge in [0, 0.05) is 27.7 Å². The van der Waals surface area contributed by atoms with Gasteiger partial charge in [-0.05, 0) is 30.3 Å². The minimum Gasteiger partial charge on any atom is -0.381 e. The molecule has 2 aliphatic heterocycles. The summed E-state index contributed by atoms with van der Waals surface area (Å²) >= 11 is 11.9. The van der Waals surface area contributed by atoms with Crippen molar-refractivity contribution in [2.45, 2.75) is 6.10 Å². The average Bonchev–Trinajstić information content (AvgIpc) is 3.15. The second-order valence-corrected chi connectivity index (χ2v) is 6.80. The van der Waals surface area contributed by atoms with Crippen molar-refractivity contribution >= 4 is 52.1 Å². The molecule has 0 aromatic heterocycles. The second-order valence-electron chi connectivity index (χ2n) is 5.92. The molecule has 0 spiro atoms. The van der Waals surface area contributed by atoms with Crippen molar-refractivity contribution in [2.24, 2.45) is 11.1 Å². The molecule has 2 aromatic rings. The largest absolute Gasteiger partial charge is 0.381 e. The van der Waals surface area contributed by atoms with Crippen LogP contribution in [0.15, 0.2) is 47.6 Å². The molecule has 27 heavy (non-hydrogen) atoms. The number of fused-ring (bicyclic) bond motifs is 1. The molecular formula is C17H9Cl2N3O5. The fraction of sp³-hybridized carbons (Fsp3) is 0.118. The molecule has 2 aliphatic rings. The average molecular weight is 406 g/mol. The zero-order valence-corrected chi connectivity index (χ0v) is 14.8. The van der Waals surface area contributed by atoms with Gasteiger partial charge in [-0.1, -0.05) is 28.4 Å². The molecule has 2 atom stereocenters. The highest BCUT2D eigenvalue weighted by atomic mass is 35.5. The maximum atomic E-state index is 12.9. The molecule has 0 radical (unpaired) electrons. The Hall–Kier alpha value is -2.97. The summed E-state index contributed by atoms with van der Waals surface area (Å²) in [5.41, 5.74) is 0.839. The van der Waals surface area contributed by atoms with Crippen molar-refractivity contribution in [3.63, 3.8) is 0 Å². The predicted octanol–water partition coefficient (Wildman–Crippen LogP) is 3.19. The molecule has 0 N–H and O–H groups in total. The van der Waals surface area contributed by atoms with Crippen molar-refractivity contribution in [3.05, 3.63) is 68.2 Å². The van der Waals surface area contributed by atoms with Gasteiger partial charge in [-0.2, -0.15) is 0 Å². The number of nitro groups is 1. The van der Waals surface area contributed by atoms with Crippen LogP contribution in [0.4, 0.5) is 11.4 Å². The number of non-ortho nitro benzene ring substituents is 1. The highest BCUT2D eigenvalue weighted by molar-refractivity contribution is 6.37. The zero-order chi connectivity index (χ0) is 19.3. The summed E-state index contributed by atoms with van der Waals surface area (Å²) in [6.45, 7) is 0. The number of hydrogen-bond donors (Lipinski definition) is 0. The number of imide groups is 1. The number of carbonyl (C=O) groups is 2. The van der Waals surface area contributed by atoms with Crippen molar-refractivity contribution in [1.82, 2.24) is 0 Å². The van der Waals surface area contributed by atoms with Gasteiger partial charge in [0.1, 0.15) is 11.6 Å². The van der Waals surface area contributed by atoms with E-state index < -0.39 is 28.8 Å². The van der Waals surface area contributed by atoms with E-state index in [0.717, 1.165) is 4.90 Å². The van der Waals surface area contributed by atoms with E-state index in [4.69, 9.17) is 28.0 Å². The van der Waals surface area contributed by atoms with E-state index in [-0.39, 0.29) is 27.1 Å². The van der Waals surface area contributed by atoms with Crippen LogP contribution in [0.2, 0.25) is 10.0 Å². The van der Waals surface area contributed by atoms with E-state index in [9.17, 15) is 19.7 Å². The lowest BCUT2D eigenvalue weighted by molar-refractivity contribution is -0.384. The predicted molar refractivity (Wildman–Crippen MR) is 97.0 cm³/mol. The quantitative estimate of drug-likeness (QED) is 0.443. The van der Waals surface area contributed by atoms with Crippen LogP contribution in [0.5, 0.6) is 0 Å². The molecule has 4 rings (SSSR count). The van der Waals surface area contributed by atoms with Crippen LogP contribution in [0.25, 0.3) is 0 Å². The highest BCUT2D eigenvalue weighted by Crippen LogP contribution is 2.37. The van der Waals surface area contributed by atoms with Crippen molar-refractivity contribution in [3.8, 4) is 0 Å². The van der Waals surface area contributed by atoms with Crippen LogP contribution < -0.4 is 4.90 Å². The molecule has 1 saturated heterocycles. The third-order valence-electron chi connectivity index (χ3n) is 4.29. The fourth-order valence-corrected chi connectivity index (χ4v) is 3.61. The van der Waals surface area contributed by atoms with E-state index >= 15 is 0 Å². The Bertz CT molecular complexity index is 1000. The first-order valence-electron chi connectivity index (χ1n) is 7.69. The van der Waals surface area contributed by atoms with Gasteiger partial charge < -0.3 is 4.84 Å². The summed E-state index contributed by atoms with van der Waals surface area (Å²) < 4.78 is 0. The Balaban J connectivity index is 1.68. The Morgan fingerprint density at radius 3 is 2.26 bits per heavy atom. The summed E-state index contributed by atoms with van der Waals surface area (Å²) in [5, 5.41) is 15.2. The number of halogens is 2. The standard InChI is InChI=1S/C17H9Cl2N3O5/c18-9-5-10(19)7-12(6-9)21-16(23)13-14(20-27-15(13)17(21)24)8-1-3-11(4-2-8)22(25)26/h1-7,13,15H/t13-,15-/m1/s1. The van der Waals surface area contributed by atoms with Gasteiger partial charge in [0.05, 0.1) is 10.6 Å². The Morgan fingerprint density at radius 1 is 1.04 bits per heavy atom. The van der Waals surface area contributed by atoms with Gasteiger partial charge in [-0.25, -0.2) is 4.90 Å². The third-order valence-corrected chi connectivity index (χ3v) is 4.73. The Kier molecular flexibility index (Phi) is 4.09. The summed E-state index contributed by atoms with van der Waals surface area (Å²) in [4.78, 5) is 42.0. The third kappa shape index (κ3) is 2.83. The first kappa shape index (κ1) is 17.4. The van der Waals surface area contributed by atoms with Crippen LogP contribution >= 0.6 is 23.2 Å². The van der Waals surface area contributed by atoms with Crippen LogP contribution in [0, 0.1) is 16.0 Å². The van der Waals surface area contributed by atoms with Crippen LogP contribution in [0.1, 0.15) is 5.56 Å². The van der Waals surface area contributed by atoms with Gasteiger partial charge in [-0.15, -0.1) is 0 Å².